The fraction of sp³-hybridized carbons (Fsp3) is 0.241. The van der Waals surface area contributed by atoms with Crippen molar-refractivity contribution in [1.29, 1.82) is 0 Å². The largest absolute Gasteiger partial charge is 0.342 e. The minimum Gasteiger partial charge on any atom is -0.342 e. The summed E-state index contributed by atoms with van der Waals surface area (Å²) in [5, 5.41) is 12.8. The van der Waals surface area contributed by atoms with E-state index in [0.717, 1.165) is 58.1 Å². The second-order valence-electron chi connectivity index (χ2n) is 9.81. The van der Waals surface area contributed by atoms with Crippen LogP contribution >= 0.6 is 0 Å². The van der Waals surface area contributed by atoms with Crippen LogP contribution in [0, 0.1) is 0 Å². The van der Waals surface area contributed by atoms with Crippen LogP contribution in [-0.2, 0) is 19.3 Å². The van der Waals surface area contributed by atoms with Gasteiger partial charge in [0.2, 0.25) is 0 Å². The highest BCUT2D eigenvalue weighted by atomic mass is 15.1. The number of rotatable bonds is 3. The van der Waals surface area contributed by atoms with Crippen LogP contribution in [0.4, 0.5) is 0 Å². The van der Waals surface area contributed by atoms with Gasteiger partial charge in [-0.25, -0.2) is 9.97 Å². The number of aromatic amines is 2. The molecule has 6 heteroatoms. The van der Waals surface area contributed by atoms with Gasteiger partial charge in [-0.2, -0.15) is 10.2 Å². The summed E-state index contributed by atoms with van der Waals surface area (Å²) in [6, 6.07) is 13.6. The summed E-state index contributed by atoms with van der Waals surface area (Å²) in [4.78, 5) is 16.8. The van der Waals surface area contributed by atoms with Gasteiger partial charge in [0.05, 0.1) is 34.8 Å². The average molecular weight is 459 g/mol. The fourth-order valence-corrected chi connectivity index (χ4v) is 5.45. The third-order valence-electron chi connectivity index (χ3n) is 7.34. The molecule has 0 amide bonds. The van der Waals surface area contributed by atoms with Gasteiger partial charge in [0.1, 0.15) is 11.6 Å². The van der Waals surface area contributed by atoms with Crippen molar-refractivity contribution in [2.45, 2.75) is 46.0 Å². The van der Waals surface area contributed by atoms with Crippen molar-refractivity contribution in [3.8, 4) is 22.4 Å². The zero-order chi connectivity index (χ0) is 23.7. The van der Waals surface area contributed by atoms with Gasteiger partial charge in [-0.05, 0) is 41.0 Å². The molecule has 0 aliphatic heterocycles. The van der Waals surface area contributed by atoms with Crippen molar-refractivity contribution in [3.05, 3.63) is 71.7 Å². The van der Waals surface area contributed by atoms with Crippen LogP contribution in [0.1, 0.15) is 49.6 Å². The zero-order valence-corrected chi connectivity index (χ0v) is 20.1. The zero-order valence-electron chi connectivity index (χ0n) is 20.1. The van der Waals surface area contributed by atoms with E-state index in [1.807, 2.05) is 12.4 Å². The Kier molecular flexibility index (Phi) is 4.34. The Balaban J connectivity index is 1.40. The summed E-state index contributed by atoms with van der Waals surface area (Å²) in [6.45, 7) is 6.48. The molecule has 2 N–H and O–H groups in total. The molecule has 0 saturated heterocycles. The van der Waals surface area contributed by atoms with Gasteiger partial charge in [0.25, 0.3) is 0 Å². The second kappa shape index (κ2) is 7.47. The smallest absolute Gasteiger partial charge is 0.109 e. The monoisotopic (exact) mass is 458 g/mol. The molecule has 0 saturated carbocycles. The molecule has 6 aromatic rings. The van der Waals surface area contributed by atoms with Gasteiger partial charge in [-0.1, -0.05) is 51.1 Å². The van der Waals surface area contributed by atoms with Gasteiger partial charge in [-0.3, -0.25) is 0 Å². The maximum Gasteiger partial charge on any atom is 0.109 e. The number of nitrogens with zero attached hydrogens (tertiary/aromatic N) is 4. The lowest BCUT2D eigenvalue weighted by atomic mass is 9.89. The lowest BCUT2D eigenvalue weighted by molar-refractivity contribution is 0.787. The van der Waals surface area contributed by atoms with E-state index in [1.54, 1.807) is 0 Å². The summed E-state index contributed by atoms with van der Waals surface area (Å²) >= 11 is 0. The highest BCUT2D eigenvalue weighted by molar-refractivity contribution is 6.23. The first-order valence-electron chi connectivity index (χ1n) is 12.4. The maximum absolute atomic E-state index is 4.85. The lowest BCUT2D eigenvalue weighted by Gasteiger charge is -2.17. The van der Waals surface area contributed by atoms with Crippen LogP contribution in [0.25, 0.3) is 55.0 Å². The Morgan fingerprint density at radius 1 is 0.829 bits per heavy atom. The van der Waals surface area contributed by atoms with E-state index >= 15 is 0 Å². The normalized spacial score (nSPS) is 13.1. The summed E-state index contributed by atoms with van der Waals surface area (Å²) in [5.74, 6) is 2.46. The molecule has 3 aromatic carbocycles. The molecule has 6 nitrogen and oxygen atoms in total. The molecule has 3 heterocycles. The summed E-state index contributed by atoms with van der Waals surface area (Å²) in [6.07, 6.45) is 6.55. The van der Waals surface area contributed by atoms with E-state index in [2.05, 4.69) is 77.3 Å². The standard InChI is InChI=1S/C29H26N6/c1-4-25-33-27-20-9-6-17(12-21(20)22-13-30-31-14-23(22)28(27)34-25)16-5-8-19-18(11-16)7-10-24-26(19)35-29(32-24)15(2)3/h5-6,8-9,11-15H,4,7,10H2,1-3H3,(H,32,35)(H,33,34). The Labute approximate surface area is 202 Å². The van der Waals surface area contributed by atoms with Crippen molar-refractivity contribution >= 4 is 32.6 Å². The van der Waals surface area contributed by atoms with E-state index in [9.17, 15) is 0 Å². The Morgan fingerprint density at radius 3 is 2.46 bits per heavy atom. The molecule has 7 rings (SSSR count). The predicted molar refractivity (Wildman–Crippen MR) is 141 cm³/mol. The van der Waals surface area contributed by atoms with E-state index in [4.69, 9.17) is 9.97 Å². The highest BCUT2D eigenvalue weighted by Gasteiger charge is 2.22. The Hall–Kier alpha value is -4.06. The lowest BCUT2D eigenvalue weighted by Crippen LogP contribution is -2.03. The van der Waals surface area contributed by atoms with Gasteiger partial charge >= 0.3 is 0 Å². The third kappa shape index (κ3) is 3.02. The molecule has 0 spiro atoms. The molecule has 1 aliphatic carbocycles. The number of fused-ring (bicyclic) bond motifs is 9. The van der Waals surface area contributed by atoms with Crippen molar-refractivity contribution < 1.29 is 0 Å². The molecule has 0 atom stereocenters. The van der Waals surface area contributed by atoms with Crippen LogP contribution in [0.2, 0.25) is 0 Å². The molecule has 1 aliphatic rings. The first-order chi connectivity index (χ1) is 17.1. The van der Waals surface area contributed by atoms with Crippen molar-refractivity contribution in [2.24, 2.45) is 0 Å². The van der Waals surface area contributed by atoms with Crippen LogP contribution in [0.15, 0.2) is 48.8 Å². The fourth-order valence-electron chi connectivity index (χ4n) is 5.45. The first kappa shape index (κ1) is 20.3. The summed E-state index contributed by atoms with van der Waals surface area (Å²) in [7, 11) is 0. The van der Waals surface area contributed by atoms with E-state index in [0.29, 0.717) is 5.92 Å². The first-order valence-corrected chi connectivity index (χ1v) is 12.4. The molecule has 3 aromatic heterocycles. The molecular formula is C29H26N6. The van der Waals surface area contributed by atoms with E-state index < -0.39 is 0 Å². The van der Waals surface area contributed by atoms with Crippen LogP contribution in [-0.4, -0.2) is 30.1 Å². The number of H-pyrrole nitrogens is 2. The number of hydrogen-bond donors (Lipinski definition) is 2. The molecule has 35 heavy (non-hydrogen) atoms. The minimum atomic E-state index is 0.398. The number of hydrogen-bond acceptors (Lipinski definition) is 4. The number of imidazole rings is 2. The maximum atomic E-state index is 4.85. The molecule has 0 fully saturated rings. The Bertz CT molecular complexity index is 1770. The Morgan fingerprint density at radius 2 is 1.63 bits per heavy atom. The van der Waals surface area contributed by atoms with Gasteiger partial charge in [-0.15, -0.1) is 0 Å². The summed E-state index contributed by atoms with van der Waals surface area (Å²) in [5.41, 5.74) is 9.51. The quantitative estimate of drug-likeness (QED) is 0.297. The van der Waals surface area contributed by atoms with Crippen LogP contribution < -0.4 is 0 Å². The molecule has 0 radical (unpaired) electrons. The predicted octanol–water partition coefficient (Wildman–Crippen LogP) is 6.50. The van der Waals surface area contributed by atoms with E-state index in [1.165, 1.54) is 39.0 Å². The van der Waals surface area contributed by atoms with Crippen molar-refractivity contribution in [2.75, 3.05) is 0 Å². The average Bonchev–Trinajstić information content (AvgIpc) is 3.53. The second-order valence-corrected chi connectivity index (χ2v) is 9.81. The molecule has 0 unspecified atom stereocenters. The van der Waals surface area contributed by atoms with Crippen molar-refractivity contribution in [3.63, 3.8) is 0 Å². The van der Waals surface area contributed by atoms with Crippen molar-refractivity contribution in [1.82, 2.24) is 30.1 Å². The SMILES string of the molecule is CCc1nc2c3cnncc3c3cc(-c4ccc5c(c4)CCc4nc(C(C)C)[nH]c4-5)ccc3c2[nH]1. The van der Waals surface area contributed by atoms with Gasteiger partial charge in [0.15, 0.2) is 0 Å². The summed E-state index contributed by atoms with van der Waals surface area (Å²) < 4.78 is 0. The number of nitrogens with one attached hydrogen (secondary N) is 2. The number of benzene rings is 3. The highest BCUT2D eigenvalue weighted by Crippen LogP contribution is 2.38. The number of aryl methyl sites for hydroxylation is 3. The third-order valence-corrected chi connectivity index (χ3v) is 7.34. The van der Waals surface area contributed by atoms with Gasteiger partial charge in [0, 0.05) is 34.1 Å². The molecular weight excluding hydrogens is 432 g/mol. The topological polar surface area (TPSA) is 83.1 Å². The molecule has 0 bridgehead atoms. The van der Waals surface area contributed by atoms with E-state index in [-0.39, 0.29) is 0 Å². The van der Waals surface area contributed by atoms with Crippen LogP contribution in [0.5, 0.6) is 0 Å². The van der Waals surface area contributed by atoms with Crippen LogP contribution in [0.3, 0.4) is 0 Å². The number of aromatic nitrogens is 6. The minimum absolute atomic E-state index is 0.398. The van der Waals surface area contributed by atoms with Gasteiger partial charge < -0.3 is 9.97 Å². The molecule has 172 valence electrons.